The molecule has 0 bridgehead atoms. The van der Waals surface area contributed by atoms with Gasteiger partial charge in [0.05, 0.1) is 6.54 Å². The zero-order chi connectivity index (χ0) is 14.9. The third kappa shape index (κ3) is 2.45. The van der Waals surface area contributed by atoms with E-state index in [1.165, 1.54) is 11.5 Å². The molecule has 0 saturated carbocycles. The zero-order valence-electron chi connectivity index (χ0n) is 12.2. The molecule has 3 aromatic heterocycles. The van der Waals surface area contributed by atoms with Crippen LogP contribution in [0.4, 0.5) is 5.13 Å². The number of fused-ring (bicyclic) bond motifs is 1. The Labute approximate surface area is 131 Å². The highest BCUT2D eigenvalue weighted by molar-refractivity contribution is 7.09. The summed E-state index contributed by atoms with van der Waals surface area (Å²) in [5.74, 6) is 2.60. The lowest BCUT2D eigenvalue weighted by atomic mass is 10.3. The van der Waals surface area contributed by atoms with E-state index in [-0.39, 0.29) is 0 Å². The largest absolute Gasteiger partial charge is 0.345 e. The standard InChI is InChI=1S/C14H15N7S/c1-10-16-14(22-19-10)20-6-4-12-17-13(18-21(12)8-7-20)11-3-2-5-15-9-11/h2-3,5,9H,4,6-8H2,1H3. The summed E-state index contributed by atoms with van der Waals surface area (Å²) in [6.07, 6.45) is 4.41. The number of hydrogen-bond acceptors (Lipinski definition) is 7. The van der Waals surface area contributed by atoms with E-state index in [1.807, 2.05) is 23.7 Å². The summed E-state index contributed by atoms with van der Waals surface area (Å²) < 4.78 is 6.25. The van der Waals surface area contributed by atoms with Crippen LogP contribution in [0.15, 0.2) is 24.5 Å². The molecular formula is C14H15N7S. The topological polar surface area (TPSA) is 72.6 Å². The first-order valence-electron chi connectivity index (χ1n) is 7.19. The van der Waals surface area contributed by atoms with Crippen molar-refractivity contribution >= 4 is 16.7 Å². The van der Waals surface area contributed by atoms with Crippen molar-refractivity contribution in [2.45, 2.75) is 19.9 Å². The molecule has 0 radical (unpaired) electrons. The molecule has 0 amide bonds. The lowest BCUT2D eigenvalue weighted by molar-refractivity contribution is 0.611. The van der Waals surface area contributed by atoms with Gasteiger partial charge in [-0.05, 0) is 19.1 Å². The summed E-state index contributed by atoms with van der Waals surface area (Å²) in [6.45, 7) is 4.49. The summed E-state index contributed by atoms with van der Waals surface area (Å²) >= 11 is 1.45. The second kappa shape index (κ2) is 5.45. The van der Waals surface area contributed by atoms with E-state index in [1.54, 1.807) is 12.4 Å². The van der Waals surface area contributed by atoms with Crippen molar-refractivity contribution in [1.82, 2.24) is 29.1 Å². The zero-order valence-corrected chi connectivity index (χ0v) is 13.0. The lowest BCUT2D eigenvalue weighted by Gasteiger charge is -2.17. The van der Waals surface area contributed by atoms with Gasteiger partial charge < -0.3 is 4.90 Å². The summed E-state index contributed by atoms with van der Waals surface area (Å²) in [6, 6.07) is 3.89. The average Bonchev–Trinajstić information content (AvgIpc) is 3.11. The fraction of sp³-hybridized carbons (Fsp3) is 0.357. The highest BCUT2D eigenvalue weighted by atomic mass is 32.1. The van der Waals surface area contributed by atoms with Crippen LogP contribution >= 0.6 is 11.5 Å². The molecule has 112 valence electrons. The Balaban J connectivity index is 1.56. The third-order valence-electron chi connectivity index (χ3n) is 3.64. The van der Waals surface area contributed by atoms with Gasteiger partial charge in [0.2, 0.25) is 5.13 Å². The van der Waals surface area contributed by atoms with Crippen LogP contribution in [0.5, 0.6) is 0 Å². The molecule has 3 aromatic rings. The summed E-state index contributed by atoms with van der Waals surface area (Å²) in [4.78, 5) is 15.5. The predicted octanol–water partition coefficient (Wildman–Crippen LogP) is 1.56. The smallest absolute Gasteiger partial charge is 0.205 e. The number of aromatic nitrogens is 6. The van der Waals surface area contributed by atoms with E-state index in [2.05, 4.69) is 29.3 Å². The number of rotatable bonds is 2. The van der Waals surface area contributed by atoms with Gasteiger partial charge in [-0.3, -0.25) is 4.98 Å². The Kier molecular flexibility index (Phi) is 3.30. The van der Waals surface area contributed by atoms with Crippen molar-refractivity contribution in [3.05, 3.63) is 36.2 Å². The molecular weight excluding hydrogens is 298 g/mol. The van der Waals surface area contributed by atoms with Crippen molar-refractivity contribution in [3.63, 3.8) is 0 Å². The van der Waals surface area contributed by atoms with Crippen LogP contribution in [0.25, 0.3) is 11.4 Å². The fourth-order valence-electron chi connectivity index (χ4n) is 2.52. The highest BCUT2D eigenvalue weighted by Crippen LogP contribution is 2.21. The van der Waals surface area contributed by atoms with Gasteiger partial charge in [0.1, 0.15) is 11.6 Å². The van der Waals surface area contributed by atoms with Gasteiger partial charge >= 0.3 is 0 Å². The molecule has 7 nitrogen and oxygen atoms in total. The number of pyridine rings is 1. The van der Waals surface area contributed by atoms with E-state index in [0.717, 1.165) is 54.2 Å². The van der Waals surface area contributed by atoms with Gasteiger partial charge in [0.15, 0.2) is 5.82 Å². The number of anilines is 1. The minimum absolute atomic E-state index is 0.753. The highest BCUT2D eigenvalue weighted by Gasteiger charge is 2.20. The van der Waals surface area contributed by atoms with Gasteiger partial charge in [0.25, 0.3) is 0 Å². The molecule has 4 heterocycles. The first-order chi connectivity index (χ1) is 10.8. The predicted molar refractivity (Wildman–Crippen MR) is 83.8 cm³/mol. The van der Waals surface area contributed by atoms with Gasteiger partial charge in [-0.15, -0.1) is 0 Å². The van der Waals surface area contributed by atoms with Crippen molar-refractivity contribution in [2.24, 2.45) is 0 Å². The first kappa shape index (κ1) is 13.3. The van der Waals surface area contributed by atoms with Crippen LogP contribution < -0.4 is 4.90 Å². The Hall–Kier alpha value is -2.35. The molecule has 0 saturated heterocycles. The van der Waals surface area contributed by atoms with Gasteiger partial charge in [-0.1, -0.05) is 0 Å². The van der Waals surface area contributed by atoms with Gasteiger partial charge in [-0.25, -0.2) is 14.6 Å². The van der Waals surface area contributed by atoms with E-state index in [0.29, 0.717) is 0 Å². The van der Waals surface area contributed by atoms with E-state index in [9.17, 15) is 0 Å². The van der Waals surface area contributed by atoms with Crippen molar-refractivity contribution in [1.29, 1.82) is 0 Å². The minimum atomic E-state index is 0.753. The Morgan fingerprint density at radius 1 is 1.18 bits per heavy atom. The maximum atomic E-state index is 4.67. The Morgan fingerprint density at radius 2 is 2.14 bits per heavy atom. The molecule has 4 rings (SSSR count). The quantitative estimate of drug-likeness (QED) is 0.715. The summed E-state index contributed by atoms with van der Waals surface area (Å²) in [5.41, 5.74) is 0.958. The lowest BCUT2D eigenvalue weighted by Crippen LogP contribution is -2.26. The molecule has 0 unspecified atom stereocenters. The van der Waals surface area contributed by atoms with Crippen molar-refractivity contribution < 1.29 is 0 Å². The maximum Gasteiger partial charge on any atom is 0.205 e. The Morgan fingerprint density at radius 3 is 2.91 bits per heavy atom. The molecule has 8 heteroatoms. The van der Waals surface area contributed by atoms with Gasteiger partial charge in [-0.2, -0.15) is 9.47 Å². The molecule has 0 aromatic carbocycles. The number of aryl methyl sites for hydroxylation is 1. The molecule has 0 atom stereocenters. The molecule has 1 aliphatic rings. The fourth-order valence-corrected chi connectivity index (χ4v) is 3.25. The van der Waals surface area contributed by atoms with Crippen molar-refractivity contribution in [3.8, 4) is 11.4 Å². The Bertz CT molecular complexity index is 754. The normalized spacial score (nSPS) is 14.7. The number of hydrogen-bond donors (Lipinski definition) is 0. The average molecular weight is 313 g/mol. The van der Waals surface area contributed by atoms with Gasteiger partial charge in [0, 0.05) is 49.0 Å². The summed E-state index contributed by atoms with van der Waals surface area (Å²) in [7, 11) is 0. The molecule has 0 aliphatic carbocycles. The van der Waals surface area contributed by atoms with Crippen LogP contribution in [0, 0.1) is 6.92 Å². The molecule has 0 fully saturated rings. The van der Waals surface area contributed by atoms with Crippen molar-refractivity contribution in [2.75, 3.05) is 18.0 Å². The summed E-state index contributed by atoms with van der Waals surface area (Å²) in [5, 5.41) is 5.60. The number of nitrogens with zero attached hydrogens (tertiary/aromatic N) is 7. The van der Waals surface area contributed by atoms with E-state index in [4.69, 9.17) is 0 Å². The van der Waals surface area contributed by atoms with Crippen LogP contribution in [-0.2, 0) is 13.0 Å². The second-order valence-corrected chi connectivity index (χ2v) is 5.91. The van der Waals surface area contributed by atoms with E-state index < -0.39 is 0 Å². The van der Waals surface area contributed by atoms with Crippen LogP contribution in [0.1, 0.15) is 11.6 Å². The first-order valence-corrected chi connectivity index (χ1v) is 7.96. The SMILES string of the molecule is Cc1nsc(N2CCc3nc(-c4cccnc4)nn3CC2)n1. The molecule has 22 heavy (non-hydrogen) atoms. The van der Waals surface area contributed by atoms with Crippen LogP contribution in [-0.4, -0.2) is 42.2 Å². The van der Waals surface area contributed by atoms with Crippen LogP contribution in [0.2, 0.25) is 0 Å². The molecule has 0 N–H and O–H groups in total. The van der Waals surface area contributed by atoms with E-state index >= 15 is 0 Å². The monoisotopic (exact) mass is 313 g/mol. The maximum absolute atomic E-state index is 4.67. The second-order valence-electron chi connectivity index (χ2n) is 5.18. The van der Waals surface area contributed by atoms with Crippen LogP contribution in [0.3, 0.4) is 0 Å². The molecule has 1 aliphatic heterocycles. The molecule has 0 spiro atoms. The minimum Gasteiger partial charge on any atom is -0.345 e. The third-order valence-corrected chi connectivity index (χ3v) is 4.51.